The van der Waals surface area contributed by atoms with E-state index in [1.54, 1.807) is 6.07 Å². The van der Waals surface area contributed by atoms with Gasteiger partial charge in [0.15, 0.2) is 11.6 Å². The van der Waals surface area contributed by atoms with Gasteiger partial charge in [-0.15, -0.1) is 0 Å². The fraction of sp³-hybridized carbons (Fsp3) is 0.190. The molecule has 1 aromatic heterocycles. The number of fused-ring (bicyclic) bond motifs is 1. The van der Waals surface area contributed by atoms with Crippen molar-refractivity contribution in [2.75, 3.05) is 11.9 Å². The van der Waals surface area contributed by atoms with E-state index in [1.807, 2.05) is 24.3 Å². The Labute approximate surface area is 159 Å². The second kappa shape index (κ2) is 7.34. The van der Waals surface area contributed by atoms with Crippen LogP contribution >= 0.6 is 0 Å². The Bertz CT molecular complexity index is 1080. The van der Waals surface area contributed by atoms with Gasteiger partial charge in [0.2, 0.25) is 5.91 Å². The van der Waals surface area contributed by atoms with Crippen LogP contribution in [0.5, 0.6) is 0 Å². The molecule has 2 aromatic carbocycles. The van der Waals surface area contributed by atoms with Crippen LogP contribution in [0.25, 0.3) is 10.9 Å². The van der Waals surface area contributed by atoms with Crippen molar-refractivity contribution in [2.45, 2.75) is 18.8 Å². The summed E-state index contributed by atoms with van der Waals surface area (Å²) in [5, 5.41) is 5.71. The molecule has 4 rings (SSSR count). The van der Waals surface area contributed by atoms with Gasteiger partial charge in [-0.05, 0) is 37.1 Å². The first kappa shape index (κ1) is 18.0. The molecule has 28 heavy (non-hydrogen) atoms. The summed E-state index contributed by atoms with van der Waals surface area (Å²) < 4.78 is 26.2. The molecule has 0 radical (unpaired) electrons. The van der Waals surface area contributed by atoms with Crippen LogP contribution in [0, 0.1) is 11.6 Å². The fourth-order valence-electron chi connectivity index (χ4n) is 3.01. The number of amides is 2. The molecule has 1 aliphatic rings. The number of benzene rings is 2. The molecule has 0 saturated heterocycles. The van der Waals surface area contributed by atoms with Gasteiger partial charge < -0.3 is 10.6 Å². The van der Waals surface area contributed by atoms with Gasteiger partial charge in [0.25, 0.3) is 5.91 Å². The van der Waals surface area contributed by atoms with Crippen LogP contribution in [-0.4, -0.2) is 23.3 Å². The average molecular weight is 381 g/mol. The summed E-state index contributed by atoms with van der Waals surface area (Å²) >= 11 is 0. The van der Waals surface area contributed by atoms with E-state index in [4.69, 9.17) is 0 Å². The first-order valence-electron chi connectivity index (χ1n) is 8.94. The zero-order chi connectivity index (χ0) is 19.7. The van der Waals surface area contributed by atoms with Crippen molar-refractivity contribution >= 4 is 28.4 Å². The van der Waals surface area contributed by atoms with Gasteiger partial charge in [-0.3, -0.25) is 14.6 Å². The zero-order valence-corrected chi connectivity index (χ0v) is 14.8. The summed E-state index contributed by atoms with van der Waals surface area (Å²) in [6.45, 7) is -0.298. The number of aromatic nitrogens is 1. The Morgan fingerprint density at radius 2 is 1.82 bits per heavy atom. The zero-order valence-electron chi connectivity index (χ0n) is 14.8. The van der Waals surface area contributed by atoms with Gasteiger partial charge in [0.1, 0.15) is 0 Å². The molecule has 1 saturated carbocycles. The first-order valence-corrected chi connectivity index (χ1v) is 8.94. The topological polar surface area (TPSA) is 71.1 Å². The molecule has 1 heterocycles. The van der Waals surface area contributed by atoms with Crippen LogP contribution in [-0.2, 0) is 4.79 Å². The van der Waals surface area contributed by atoms with Crippen molar-refractivity contribution in [1.82, 2.24) is 10.3 Å². The van der Waals surface area contributed by atoms with Crippen LogP contribution in [0.15, 0.2) is 48.5 Å². The molecule has 0 bridgehead atoms. The number of halogens is 2. The SMILES string of the molecule is O=C(CNC(=O)c1cc(C2CC2)nc2ccccc12)Nc1ccc(F)c(F)c1. The molecule has 1 fully saturated rings. The molecule has 1 aliphatic carbocycles. The maximum atomic E-state index is 13.2. The number of rotatable bonds is 5. The molecular formula is C21H17F2N3O2. The van der Waals surface area contributed by atoms with Crippen molar-refractivity contribution in [3.63, 3.8) is 0 Å². The standard InChI is InChI=1S/C21H17F2N3O2/c22-16-8-7-13(9-17(16)23)25-20(27)11-24-21(28)15-10-19(12-5-6-12)26-18-4-2-1-3-14(15)18/h1-4,7-10,12H,5-6,11H2,(H,24,28)(H,25,27). The average Bonchev–Trinajstić information content (AvgIpc) is 3.53. The Morgan fingerprint density at radius 3 is 2.57 bits per heavy atom. The van der Waals surface area contributed by atoms with Crippen molar-refractivity contribution in [3.05, 3.63) is 71.4 Å². The first-order chi connectivity index (χ1) is 13.5. The summed E-state index contributed by atoms with van der Waals surface area (Å²) in [6.07, 6.45) is 2.12. The van der Waals surface area contributed by atoms with Crippen LogP contribution < -0.4 is 10.6 Å². The second-order valence-corrected chi connectivity index (χ2v) is 6.75. The lowest BCUT2D eigenvalue weighted by Crippen LogP contribution is -2.33. The van der Waals surface area contributed by atoms with E-state index in [-0.39, 0.29) is 18.1 Å². The monoisotopic (exact) mass is 381 g/mol. The Hall–Kier alpha value is -3.35. The summed E-state index contributed by atoms with van der Waals surface area (Å²) in [5.74, 6) is -2.60. The van der Waals surface area contributed by atoms with Crippen molar-refractivity contribution in [3.8, 4) is 0 Å². The fourth-order valence-corrected chi connectivity index (χ4v) is 3.01. The molecule has 5 nitrogen and oxygen atoms in total. The third-order valence-electron chi connectivity index (χ3n) is 4.59. The molecule has 7 heteroatoms. The van der Waals surface area contributed by atoms with Gasteiger partial charge >= 0.3 is 0 Å². The maximum Gasteiger partial charge on any atom is 0.252 e. The minimum absolute atomic E-state index is 0.114. The van der Waals surface area contributed by atoms with E-state index in [0.29, 0.717) is 16.9 Å². The van der Waals surface area contributed by atoms with E-state index in [0.717, 1.165) is 36.2 Å². The molecule has 142 valence electrons. The molecule has 0 atom stereocenters. The quantitative estimate of drug-likeness (QED) is 0.707. The Kier molecular flexibility index (Phi) is 4.73. The highest BCUT2D eigenvalue weighted by molar-refractivity contribution is 6.07. The van der Waals surface area contributed by atoms with Crippen LogP contribution in [0.3, 0.4) is 0 Å². The van der Waals surface area contributed by atoms with E-state index in [9.17, 15) is 18.4 Å². The lowest BCUT2D eigenvalue weighted by atomic mass is 10.1. The summed E-state index contributed by atoms with van der Waals surface area (Å²) in [4.78, 5) is 29.3. The third kappa shape index (κ3) is 3.83. The number of anilines is 1. The number of nitrogens with one attached hydrogen (secondary N) is 2. The van der Waals surface area contributed by atoms with Gasteiger partial charge in [-0.25, -0.2) is 8.78 Å². The maximum absolute atomic E-state index is 13.2. The highest BCUT2D eigenvalue weighted by Crippen LogP contribution is 2.40. The number of nitrogens with zero attached hydrogens (tertiary/aromatic N) is 1. The van der Waals surface area contributed by atoms with Gasteiger partial charge in [0.05, 0.1) is 17.6 Å². The third-order valence-corrected chi connectivity index (χ3v) is 4.59. The van der Waals surface area contributed by atoms with Gasteiger partial charge in [0, 0.05) is 28.8 Å². The molecule has 0 spiro atoms. The normalized spacial score (nSPS) is 13.4. The van der Waals surface area contributed by atoms with Crippen molar-refractivity contribution in [2.24, 2.45) is 0 Å². The summed E-state index contributed by atoms with van der Waals surface area (Å²) in [7, 11) is 0. The van der Waals surface area contributed by atoms with Crippen molar-refractivity contribution < 1.29 is 18.4 Å². The number of hydrogen-bond acceptors (Lipinski definition) is 3. The number of para-hydroxylation sites is 1. The van der Waals surface area contributed by atoms with E-state index >= 15 is 0 Å². The highest BCUT2D eigenvalue weighted by Gasteiger charge is 2.27. The number of carbonyl (C=O) groups excluding carboxylic acids is 2. The predicted octanol–water partition coefficient (Wildman–Crippen LogP) is 3.76. The molecule has 2 amide bonds. The van der Waals surface area contributed by atoms with Gasteiger partial charge in [-0.2, -0.15) is 0 Å². The molecule has 0 aliphatic heterocycles. The minimum atomic E-state index is -1.06. The molecule has 0 unspecified atom stereocenters. The Morgan fingerprint density at radius 1 is 1.04 bits per heavy atom. The molecule has 2 N–H and O–H groups in total. The van der Waals surface area contributed by atoms with E-state index < -0.39 is 17.5 Å². The van der Waals surface area contributed by atoms with E-state index in [1.165, 1.54) is 6.07 Å². The van der Waals surface area contributed by atoms with Crippen LogP contribution in [0.1, 0.15) is 34.8 Å². The highest BCUT2D eigenvalue weighted by atomic mass is 19.2. The largest absolute Gasteiger partial charge is 0.343 e. The van der Waals surface area contributed by atoms with Gasteiger partial charge in [-0.1, -0.05) is 18.2 Å². The lowest BCUT2D eigenvalue weighted by molar-refractivity contribution is -0.115. The smallest absolute Gasteiger partial charge is 0.252 e. The second-order valence-electron chi connectivity index (χ2n) is 6.75. The predicted molar refractivity (Wildman–Crippen MR) is 101 cm³/mol. The number of pyridine rings is 1. The lowest BCUT2D eigenvalue weighted by Gasteiger charge is -2.10. The van der Waals surface area contributed by atoms with E-state index in [2.05, 4.69) is 15.6 Å². The number of carbonyl (C=O) groups is 2. The number of hydrogen-bond donors (Lipinski definition) is 2. The van der Waals surface area contributed by atoms with Crippen LogP contribution in [0.2, 0.25) is 0 Å². The molecular weight excluding hydrogens is 364 g/mol. The van der Waals surface area contributed by atoms with Crippen molar-refractivity contribution in [1.29, 1.82) is 0 Å². The summed E-state index contributed by atoms with van der Waals surface area (Å²) in [6, 6.07) is 12.2. The minimum Gasteiger partial charge on any atom is -0.343 e. The summed E-state index contributed by atoms with van der Waals surface area (Å²) in [5.41, 5.74) is 2.20. The Balaban J connectivity index is 1.47. The van der Waals surface area contributed by atoms with Crippen LogP contribution in [0.4, 0.5) is 14.5 Å². The molecule has 3 aromatic rings.